The summed E-state index contributed by atoms with van der Waals surface area (Å²) in [5, 5.41) is 23.2. The Bertz CT molecular complexity index is 861. The minimum Gasteiger partial charge on any atom is -0.391 e. The highest BCUT2D eigenvalue weighted by molar-refractivity contribution is 5.97. The van der Waals surface area contributed by atoms with Gasteiger partial charge in [0.25, 0.3) is 5.91 Å². The first kappa shape index (κ1) is 17.1. The highest BCUT2D eigenvalue weighted by Gasteiger charge is 2.11. The summed E-state index contributed by atoms with van der Waals surface area (Å²) in [5.41, 5.74) is 9.83. The molecule has 2 aromatic carbocycles. The molecule has 0 aliphatic rings. The average molecular weight is 339 g/mol. The van der Waals surface area contributed by atoms with Gasteiger partial charge in [-0.1, -0.05) is 29.5 Å². The van der Waals surface area contributed by atoms with E-state index in [1.165, 1.54) is 0 Å². The van der Waals surface area contributed by atoms with Crippen molar-refractivity contribution in [3.05, 3.63) is 59.2 Å². The number of benzene rings is 2. The second-order valence-electron chi connectivity index (χ2n) is 5.92. The zero-order chi connectivity index (χ0) is 17.6. The molecule has 0 radical (unpaired) electrons. The first-order valence-corrected chi connectivity index (χ1v) is 8.21. The molecule has 130 valence electrons. The van der Waals surface area contributed by atoms with Crippen molar-refractivity contribution in [3.8, 4) is 0 Å². The van der Waals surface area contributed by atoms with Gasteiger partial charge in [-0.05, 0) is 42.2 Å². The summed E-state index contributed by atoms with van der Waals surface area (Å²) < 4.78 is 0. The largest absolute Gasteiger partial charge is 0.391 e. The molecule has 3 rings (SSSR count). The van der Waals surface area contributed by atoms with E-state index < -0.39 is 6.10 Å². The Labute approximate surface area is 145 Å². The van der Waals surface area contributed by atoms with Crippen LogP contribution in [0, 0.1) is 0 Å². The maximum absolute atomic E-state index is 12.2. The third-order valence-corrected chi connectivity index (χ3v) is 4.17. The first-order valence-electron chi connectivity index (χ1n) is 8.21. The number of fused-ring (bicyclic) bond motifs is 1. The van der Waals surface area contributed by atoms with Crippen LogP contribution in [0.3, 0.4) is 0 Å². The van der Waals surface area contributed by atoms with Crippen LogP contribution in [0.15, 0.2) is 42.5 Å². The van der Waals surface area contributed by atoms with Crippen LogP contribution in [-0.4, -0.2) is 39.1 Å². The van der Waals surface area contributed by atoms with E-state index in [4.69, 9.17) is 5.73 Å². The number of nitrogens with zero attached hydrogens (tertiary/aromatic N) is 2. The van der Waals surface area contributed by atoms with Crippen molar-refractivity contribution in [2.24, 2.45) is 5.73 Å². The zero-order valence-corrected chi connectivity index (χ0v) is 13.8. The first-order chi connectivity index (χ1) is 12.2. The molecule has 1 atom stereocenters. The van der Waals surface area contributed by atoms with Crippen molar-refractivity contribution in [1.82, 2.24) is 20.7 Å². The summed E-state index contributed by atoms with van der Waals surface area (Å²) in [6.45, 7) is 0.675. The molecular formula is C18H21N5O2. The third-order valence-electron chi connectivity index (χ3n) is 4.17. The molecule has 7 nitrogen and oxygen atoms in total. The van der Waals surface area contributed by atoms with E-state index in [0.717, 1.165) is 23.1 Å². The predicted molar refractivity (Wildman–Crippen MR) is 94.9 cm³/mol. The topological polar surface area (TPSA) is 117 Å². The fourth-order valence-electron chi connectivity index (χ4n) is 2.72. The van der Waals surface area contributed by atoms with E-state index in [9.17, 15) is 9.90 Å². The third kappa shape index (κ3) is 4.20. The molecule has 0 unspecified atom stereocenters. The number of nitrogens with two attached hydrogens (primary N) is 1. The monoisotopic (exact) mass is 339 g/mol. The molecule has 0 aliphatic heterocycles. The second kappa shape index (κ2) is 7.87. The highest BCUT2D eigenvalue weighted by atomic mass is 16.3. The summed E-state index contributed by atoms with van der Waals surface area (Å²) in [7, 11) is 0. The lowest BCUT2D eigenvalue weighted by molar-refractivity contribution is 0.0911. The zero-order valence-electron chi connectivity index (χ0n) is 13.8. The van der Waals surface area contributed by atoms with Crippen LogP contribution in [0.2, 0.25) is 0 Å². The Morgan fingerprint density at radius 3 is 2.84 bits per heavy atom. The Hall–Kier alpha value is -2.77. The lowest BCUT2D eigenvalue weighted by Gasteiger charge is -2.13. The van der Waals surface area contributed by atoms with E-state index in [1.54, 1.807) is 18.2 Å². The number of H-pyrrole nitrogens is 1. The van der Waals surface area contributed by atoms with Crippen molar-refractivity contribution in [3.63, 3.8) is 0 Å². The summed E-state index contributed by atoms with van der Waals surface area (Å²) in [4.78, 5) is 12.2. The fourth-order valence-corrected chi connectivity index (χ4v) is 2.72. The molecule has 0 fully saturated rings. The van der Waals surface area contributed by atoms with Crippen LogP contribution in [-0.2, 0) is 13.0 Å². The maximum atomic E-state index is 12.2. The van der Waals surface area contributed by atoms with Crippen molar-refractivity contribution >= 4 is 16.9 Å². The number of rotatable bonds is 7. The molecule has 0 bridgehead atoms. The number of aromatic amines is 1. The molecule has 0 aliphatic carbocycles. The van der Waals surface area contributed by atoms with E-state index in [0.29, 0.717) is 24.0 Å². The van der Waals surface area contributed by atoms with Crippen molar-refractivity contribution < 1.29 is 9.90 Å². The van der Waals surface area contributed by atoms with Gasteiger partial charge in [0.1, 0.15) is 5.52 Å². The van der Waals surface area contributed by atoms with Crippen LogP contribution < -0.4 is 11.1 Å². The van der Waals surface area contributed by atoms with Crippen molar-refractivity contribution in [1.29, 1.82) is 0 Å². The minimum absolute atomic E-state index is 0.195. The van der Waals surface area contributed by atoms with Gasteiger partial charge in [-0.15, -0.1) is 5.10 Å². The Morgan fingerprint density at radius 2 is 2.04 bits per heavy atom. The number of hydrogen-bond acceptors (Lipinski definition) is 5. The Balaban J connectivity index is 1.51. The number of aliphatic hydroxyl groups excluding tert-OH is 1. The molecule has 1 amide bonds. The lowest BCUT2D eigenvalue weighted by Crippen LogP contribution is -2.32. The van der Waals surface area contributed by atoms with Gasteiger partial charge in [-0.3, -0.25) is 9.89 Å². The second-order valence-corrected chi connectivity index (χ2v) is 5.92. The van der Waals surface area contributed by atoms with E-state index in [1.807, 2.05) is 24.3 Å². The van der Waals surface area contributed by atoms with Crippen LogP contribution in [0.5, 0.6) is 0 Å². The number of carbonyl (C=O) groups excluding carboxylic acids is 1. The van der Waals surface area contributed by atoms with Gasteiger partial charge in [0.2, 0.25) is 0 Å². The number of amides is 1. The van der Waals surface area contributed by atoms with E-state index in [-0.39, 0.29) is 12.5 Å². The molecule has 25 heavy (non-hydrogen) atoms. The molecule has 3 aromatic rings. The fraction of sp³-hybridized carbons (Fsp3) is 0.278. The van der Waals surface area contributed by atoms with Crippen molar-refractivity contribution in [2.75, 3.05) is 6.54 Å². The number of aromatic nitrogens is 3. The van der Waals surface area contributed by atoms with Crippen LogP contribution in [0.1, 0.15) is 27.9 Å². The predicted octanol–water partition coefficient (Wildman–Crippen LogP) is 1.14. The van der Waals surface area contributed by atoms with Gasteiger partial charge >= 0.3 is 0 Å². The van der Waals surface area contributed by atoms with Gasteiger partial charge in [0, 0.05) is 18.7 Å². The molecule has 0 saturated carbocycles. The quantitative estimate of drug-likeness (QED) is 0.515. The van der Waals surface area contributed by atoms with E-state index >= 15 is 0 Å². The molecule has 7 heteroatoms. The van der Waals surface area contributed by atoms with Crippen molar-refractivity contribution in [2.45, 2.75) is 25.5 Å². The number of aliphatic hydroxyl groups is 1. The van der Waals surface area contributed by atoms with Crippen LogP contribution in [0.25, 0.3) is 11.0 Å². The molecule has 1 aromatic heterocycles. The summed E-state index contributed by atoms with van der Waals surface area (Å²) in [6.07, 6.45) is 0.653. The number of carbonyl (C=O) groups is 1. The normalized spacial score (nSPS) is 12.2. The maximum Gasteiger partial charge on any atom is 0.251 e. The molecule has 5 N–H and O–H groups in total. The summed E-state index contributed by atoms with van der Waals surface area (Å²) in [6, 6.07) is 13.0. The SMILES string of the molecule is NCc1ccccc1CC[C@H](O)CNC(=O)c1ccc2[nH]nnc2c1. The number of hydrogen-bond donors (Lipinski definition) is 4. The molecule has 0 saturated heterocycles. The van der Waals surface area contributed by atoms with Gasteiger partial charge in [0.15, 0.2) is 0 Å². The highest BCUT2D eigenvalue weighted by Crippen LogP contribution is 2.12. The lowest BCUT2D eigenvalue weighted by atomic mass is 10.0. The average Bonchev–Trinajstić information content (AvgIpc) is 3.12. The summed E-state index contributed by atoms with van der Waals surface area (Å²) >= 11 is 0. The Kier molecular flexibility index (Phi) is 5.37. The van der Waals surface area contributed by atoms with Crippen LogP contribution in [0.4, 0.5) is 0 Å². The Morgan fingerprint density at radius 1 is 1.24 bits per heavy atom. The minimum atomic E-state index is -0.620. The standard InChI is InChI=1S/C18H21N5O2/c19-10-14-4-2-1-3-12(14)5-7-15(24)11-20-18(25)13-6-8-16-17(9-13)22-23-21-16/h1-4,6,8-9,15,24H,5,7,10-11,19H2,(H,20,25)(H,21,22,23)/t15-/m0/s1. The number of aryl methyl sites for hydroxylation is 1. The number of nitrogens with one attached hydrogen (secondary N) is 2. The van der Waals surface area contributed by atoms with Gasteiger partial charge in [0.05, 0.1) is 11.6 Å². The molecular weight excluding hydrogens is 318 g/mol. The van der Waals surface area contributed by atoms with Gasteiger partial charge < -0.3 is 16.2 Å². The molecule has 1 heterocycles. The summed E-state index contributed by atoms with van der Waals surface area (Å²) in [5.74, 6) is -0.244. The van der Waals surface area contributed by atoms with Gasteiger partial charge in [-0.25, -0.2) is 0 Å². The molecule has 0 spiro atoms. The smallest absolute Gasteiger partial charge is 0.251 e. The van der Waals surface area contributed by atoms with Crippen LogP contribution >= 0.6 is 0 Å². The van der Waals surface area contributed by atoms with Gasteiger partial charge in [-0.2, -0.15) is 0 Å². The van der Waals surface area contributed by atoms with E-state index in [2.05, 4.69) is 20.7 Å².